The molecule has 0 spiro atoms. The van der Waals surface area contributed by atoms with Gasteiger partial charge < -0.3 is 5.32 Å². The average Bonchev–Trinajstić information content (AvgIpc) is 2.44. The number of hydrogen-bond donors (Lipinski definition) is 1. The molecule has 0 saturated heterocycles. The predicted molar refractivity (Wildman–Crippen MR) is 77.8 cm³/mol. The first kappa shape index (κ1) is 15.6. The van der Waals surface area contributed by atoms with Crippen LogP contribution in [0.3, 0.4) is 0 Å². The number of nitrogens with one attached hydrogen (secondary N) is 1. The van der Waals surface area contributed by atoms with Gasteiger partial charge in [-0.15, -0.1) is 0 Å². The molecule has 0 aliphatic carbocycles. The van der Waals surface area contributed by atoms with E-state index in [1.807, 2.05) is 6.92 Å². The van der Waals surface area contributed by atoms with Crippen LogP contribution < -0.4 is 5.32 Å². The van der Waals surface area contributed by atoms with Crippen molar-refractivity contribution in [1.82, 2.24) is 5.32 Å². The topological polar surface area (TPSA) is 12.0 Å². The van der Waals surface area contributed by atoms with Crippen molar-refractivity contribution in [2.45, 2.75) is 26.8 Å². The number of hydrogen-bond acceptors (Lipinski definition) is 1. The fourth-order valence-electron chi connectivity index (χ4n) is 2.34. The normalized spacial score (nSPS) is 12.5. The molecule has 0 aliphatic rings. The van der Waals surface area contributed by atoms with Crippen molar-refractivity contribution in [2.24, 2.45) is 0 Å². The van der Waals surface area contributed by atoms with Crippen LogP contribution in [0.25, 0.3) is 0 Å². The zero-order valence-electron chi connectivity index (χ0n) is 12.3. The van der Waals surface area contributed by atoms with Gasteiger partial charge in [0.05, 0.1) is 6.04 Å². The lowest BCUT2D eigenvalue weighted by atomic mass is 9.95. The van der Waals surface area contributed by atoms with Gasteiger partial charge in [-0.2, -0.15) is 0 Å². The van der Waals surface area contributed by atoms with Gasteiger partial charge in [0.2, 0.25) is 0 Å². The minimum Gasteiger partial charge on any atom is -0.306 e. The molecule has 4 heteroatoms. The van der Waals surface area contributed by atoms with Gasteiger partial charge in [-0.3, -0.25) is 0 Å². The average molecular weight is 293 g/mol. The van der Waals surface area contributed by atoms with Gasteiger partial charge in [-0.25, -0.2) is 13.2 Å². The first-order valence-corrected chi connectivity index (χ1v) is 6.89. The first-order valence-electron chi connectivity index (χ1n) is 6.89. The summed E-state index contributed by atoms with van der Waals surface area (Å²) in [4.78, 5) is 0. The second kappa shape index (κ2) is 6.31. The highest BCUT2D eigenvalue weighted by atomic mass is 19.2. The Morgan fingerprint density at radius 3 is 2.24 bits per heavy atom. The van der Waals surface area contributed by atoms with Gasteiger partial charge in [0.1, 0.15) is 5.82 Å². The lowest BCUT2D eigenvalue weighted by Gasteiger charge is -2.21. The SMILES string of the molecule is CCNC(c1ccc(C)cc1F)c1ccc(C)c(F)c1F. The second-order valence-electron chi connectivity index (χ2n) is 5.12. The molecule has 1 nitrogen and oxygen atoms in total. The lowest BCUT2D eigenvalue weighted by molar-refractivity contribution is 0.473. The van der Waals surface area contributed by atoms with Gasteiger partial charge in [0.25, 0.3) is 0 Å². The molecule has 0 aromatic heterocycles. The zero-order valence-corrected chi connectivity index (χ0v) is 12.3. The van der Waals surface area contributed by atoms with Crippen LogP contribution in [0.5, 0.6) is 0 Å². The Morgan fingerprint density at radius 2 is 1.62 bits per heavy atom. The Kier molecular flexibility index (Phi) is 4.68. The summed E-state index contributed by atoms with van der Waals surface area (Å²) in [6.45, 7) is 5.62. The molecule has 112 valence electrons. The van der Waals surface area contributed by atoms with E-state index in [2.05, 4.69) is 5.32 Å². The van der Waals surface area contributed by atoms with Gasteiger partial charge >= 0.3 is 0 Å². The predicted octanol–water partition coefficient (Wildman–Crippen LogP) is 4.42. The van der Waals surface area contributed by atoms with Crippen LogP contribution in [0.2, 0.25) is 0 Å². The zero-order chi connectivity index (χ0) is 15.6. The Hall–Kier alpha value is -1.81. The summed E-state index contributed by atoms with van der Waals surface area (Å²) >= 11 is 0. The summed E-state index contributed by atoms with van der Waals surface area (Å²) < 4.78 is 42.1. The van der Waals surface area contributed by atoms with Crippen LogP contribution in [0.15, 0.2) is 30.3 Å². The van der Waals surface area contributed by atoms with Gasteiger partial charge in [0, 0.05) is 11.1 Å². The molecule has 0 fully saturated rings. The number of halogens is 3. The van der Waals surface area contributed by atoms with Gasteiger partial charge in [0.15, 0.2) is 11.6 Å². The Labute approximate surface area is 122 Å². The van der Waals surface area contributed by atoms with Crippen molar-refractivity contribution in [1.29, 1.82) is 0 Å². The van der Waals surface area contributed by atoms with E-state index in [0.29, 0.717) is 12.1 Å². The molecule has 0 radical (unpaired) electrons. The van der Waals surface area contributed by atoms with E-state index >= 15 is 0 Å². The highest BCUT2D eigenvalue weighted by molar-refractivity contribution is 5.37. The quantitative estimate of drug-likeness (QED) is 0.880. The van der Waals surface area contributed by atoms with Crippen LogP contribution in [-0.4, -0.2) is 6.54 Å². The molecule has 0 bridgehead atoms. The molecular weight excluding hydrogens is 275 g/mol. The Morgan fingerprint density at radius 1 is 0.952 bits per heavy atom. The fraction of sp³-hybridized carbons (Fsp3) is 0.294. The molecule has 2 aromatic rings. The van der Waals surface area contributed by atoms with Crippen LogP contribution in [0.1, 0.15) is 35.2 Å². The molecule has 2 aromatic carbocycles. The lowest BCUT2D eigenvalue weighted by Crippen LogP contribution is -2.24. The second-order valence-corrected chi connectivity index (χ2v) is 5.12. The molecular formula is C17H18F3N. The Balaban J connectivity index is 2.56. The van der Waals surface area contributed by atoms with E-state index < -0.39 is 23.5 Å². The highest BCUT2D eigenvalue weighted by Crippen LogP contribution is 2.29. The maximum absolute atomic E-state index is 14.2. The first-order chi connectivity index (χ1) is 9.95. The monoisotopic (exact) mass is 293 g/mol. The van der Waals surface area contributed by atoms with Crippen molar-refractivity contribution in [3.05, 3.63) is 70.0 Å². The van der Waals surface area contributed by atoms with Crippen LogP contribution >= 0.6 is 0 Å². The summed E-state index contributed by atoms with van der Waals surface area (Å²) in [5, 5.41) is 3.02. The van der Waals surface area contributed by atoms with Crippen LogP contribution in [0, 0.1) is 31.3 Å². The van der Waals surface area contributed by atoms with E-state index in [4.69, 9.17) is 0 Å². The number of rotatable bonds is 4. The minimum absolute atomic E-state index is 0.114. The van der Waals surface area contributed by atoms with Crippen LogP contribution in [-0.2, 0) is 0 Å². The standard InChI is InChI=1S/C17H18F3N/c1-4-21-17(12-7-5-10(2)9-14(12)18)13-8-6-11(3)15(19)16(13)20/h5-9,17,21H,4H2,1-3H3. The third kappa shape index (κ3) is 3.10. The minimum atomic E-state index is -0.930. The van der Waals surface area contributed by atoms with E-state index in [1.54, 1.807) is 19.1 Å². The summed E-state index contributed by atoms with van der Waals surface area (Å²) in [6.07, 6.45) is 0. The third-order valence-electron chi connectivity index (χ3n) is 3.49. The maximum Gasteiger partial charge on any atom is 0.164 e. The van der Waals surface area contributed by atoms with E-state index in [-0.39, 0.29) is 11.1 Å². The molecule has 0 amide bonds. The molecule has 0 saturated carbocycles. The number of benzene rings is 2. The number of aryl methyl sites for hydroxylation is 2. The summed E-state index contributed by atoms with van der Waals surface area (Å²) in [6, 6.07) is 7.04. The van der Waals surface area contributed by atoms with Gasteiger partial charge in [-0.1, -0.05) is 31.2 Å². The van der Waals surface area contributed by atoms with E-state index in [1.165, 1.54) is 25.1 Å². The van der Waals surface area contributed by atoms with Crippen molar-refractivity contribution < 1.29 is 13.2 Å². The molecule has 1 atom stereocenters. The van der Waals surface area contributed by atoms with Crippen molar-refractivity contribution in [2.75, 3.05) is 6.54 Å². The van der Waals surface area contributed by atoms with E-state index in [0.717, 1.165) is 5.56 Å². The van der Waals surface area contributed by atoms with Crippen molar-refractivity contribution >= 4 is 0 Å². The van der Waals surface area contributed by atoms with Crippen LogP contribution in [0.4, 0.5) is 13.2 Å². The fourth-order valence-corrected chi connectivity index (χ4v) is 2.34. The summed E-state index contributed by atoms with van der Waals surface area (Å²) in [7, 11) is 0. The van der Waals surface area contributed by atoms with E-state index in [9.17, 15) is 13.2 Å². The summed E-state index contributed by atoms with van der Waals surface area (Å²) in [5.41, 5.74) is 1.44. The van der Waals surface area contributed by atoms with Crippen molar-refractivity contribution in [3.63, 3.8) is 0 Å². The highest BCUT2D eigenvalue weighted by Gasteiger charge is 2.22. The van der Waals surface area contributed by atoms with Crippen molar-refractivity contribution in [3.8, 4) is 0 Å². The molecule has 2 rings (SSSR count). The largest absolute Gasteiger partial charge is 0.306 e. The molecule has 1 N–H and O–H groups in total. The van der Waals surface area contributed by atoms with Gasteiger partial charge in [-0.05, 0) is 37.6 Å². The molecule has 1 unspecified atom stereocenters. The smallest absolute Gasteiger partial charge is 0.164 e. The molecule has 0 aliphatic heterocycles. The summed E-state index contributed by atoms with van der Waals surface area (Å²) in [5.74, 6) is -2.25. The Bertz CT molecular complexity index is 653. The molecule has 21 heavy (non-hydrogen) atoms. The maximum atomic E-state index is 14.2. The third-order valence-corrected chi connectivity index (χ3v) is 3.49. The molecule has 0 heterocycles.